The molecular formula is C21H22N2O5S. The van der Waals surface area contributed by atoms with Crippen LogP contribution in [0.1, 0.15) is 63.6 Å². The minimum Gasteiger partial charge on any atom is -0.456 e. The van der Waals surface area contributed by atoms with Crippen LogP contribution in [0.5, 0.6) is 0 Å². The second-order valence-corrected chi connectivity index (χ2v) is 9.16. The molecule has 1 unspecified atom stereocenters. The van der Waals surface area contributed by atoms with E-state index in [0.717, 1.165) is 16.9 Å². The van der Waals surface area contributed by atoms with Gasteiger partial charge in [0.1, 0.15) is 10.6 Å². The maximum atomic E-state index is 13.2. The minimum atomic E-state index is -0.958. The molecule has 4 rings (SSSR count). The van der Waals surface area contributed by atoms with Gasteiger partial charge in [0.15, 0.2) is 6.10 Å². The predicted molar refractivity (Wildman–Crippen MR) is 108 cm³/mol. The lowest BCUT2D eigenvalue weighted by molar-refractivity contribution is -0.142. The van der Waals surface area contributed by atoms with E-state index < -0.39 is 23.6 Å². The van der Waals surface area contributed by atoms with Crippen LogP contribution in [0.15, 0.2) is 24.3 Å². The van der Waals surface area contributed by atoms with E-state index in [-0.39, 0.29) is 19.1 Å². The Morgan fingerprint density at radius 3 is 2.69 bits per heavy atom. The molecule has 2 aliphatic rings. The first-order valence-electron chi connectivity index (χ1n) is 9.37. The van der Waals surface area contributed by atoms with Gasteiger partial charge in [0.25, 0.3) is 11.8 Å². The molecule has 0 radical (unpaired) electrons. The van der Waals surface area contributed by atoms with E-state index in [1.54, 1.807) is 32.9 Å². The number of esters is 1. The van der Waals surface area contributed by atoms with E-state index in [0.29, 0.717) is 33.0 Å². The molecule has 0 bridgehead atoms. The third-order valence-corrected chi connectivity index (χ3v) is 5.96. The number of carbonyl (C=O) groups is 3. The molecule has 0 saturated carbocycles. The number of anilines is 1. The summed E-state index contributed by atoms with van der Waals surface area (Å²) in [7, 11) is 0. The van der Waals surface area contributed by atoms with Crippen LogP contribution in [0.25, 0.3) is 0 Å². The first kappa shape index (κ1) is 19.6. The lowest BCUT2D eigenvalue weighted by Gasteiger charge is -2.26. The number of carbonyl (C=O) groups excluding carboxylic acids is 3. The molecule has 0 aliphatic carbocycles. The number of thiophene rings is 1. The topological polar surface area (TPSA) is 98.9 Å². The van der Waals surface area contributed by atoms with E-state index in [4.69, 9.17) is 15.2 Å². The maximum Gasteiger partial charge on any atom is 0.341 e. The number of nitrogen functional groups attached to an aromatic ring is 1. The average molecular weight is 414 g/mol. The Bertz CT molecular complexity index is 1020. The van der Waals surface area contributed by atoms with Crippen LogP contribution in [0.4, 0.5) is 5.00 Å². The van der Waals surface area contributed by atoms with E-state index >= 15 is 0 Å². The molecule has 0 spiro atoms. The van der Waals surface area contributed by atoms with Crippen molar-refractivity contribution in [2.75, 3.05) is 12.3 Å². The summed E-state index contributed by atoms with van der Waals surface area (Å²) in [4.78, 5) is 40.3. The fraction of sp³-hybridized carbons (Fsp3) is 0.381. The lowest BCUT2D eigenvalue weighted by atomic mass is 10.0. The van der Waals surface area contributed by atoms with Gasteiger partial charge in [-0.1, -0.05) is 18.2 Å². The summed E-state index contributed by atoms with van der Waals surface area (Å²) in [5.74, 6) is -1.28. The molecular weight excluding hydrogens is 392 g/mol. The summed E-state index contributed by atoms with van der Waals surface area (Å²) in [6.07, 6.45) is -0.504. The summed E-state index contributed by atoms with van der Waals surface area (Å²) < 4.78 is 11.2. The molecule has 7 nitrogen and oxygen atoms in total. The summed E-state index contributed by atoms with van der Waals surface area (Å²) in [5, 5.41) is 0.295. The van der Waals surface area contributed by atoms with Gasteiger partial charge in [0, 0.05) is 10.4 Å². The van der Waals surface area contributed by atoms with E-state index in [2.05, 4.69) is 0 Å². The first-order valence-corrected chi connectivity index (χ1v) is 10.2. The van der Waals surface area contributed by atoms with Gasteiger partial charge in [0.2, 0.25) is 0 Å². The average Bonchev–Trinajstić information content (AvgIpc) is 3.16. The number of nitrogens with zero attached hydrogens (tertiary/aromatic N) is 1. The minimum absolute atomic E-state index is 0.211. The number of rotatable bonds is 2. The summed E-state index contributed by atoms with van der Waals surface area (Å²) in [6.45, 7) is 5.82. The zero-order valence-corrected chi connectivity index (χ0v) is 17.3. The van der Waals surface area contributed by atoms with Crippen LogP contribution in [0, 0.1) is 0 Å². The van der Waals surface area contributed by atoms with E-state index in [1.807, 2.05) is 12.1 Å². The van der Waals surface area contributed by atoms with Crippen LogP contribution in [0.2, 0.25) is 0 Å². The molecule has 1 atom stereocenters. The Balaban J connectivity index is 1.65. The van der Waals surface area contributed by atoms with Gasteiger partial charge in [0.05, 0.1) is 18.7 Å². The number of benzene rings is 1. The van der Waals surface area contributed by atoms with Gasteiger partial charge in [-0.05, 0) is 44.4 Å². The molecule has 2 N–H and O–H groups in total. The molecule has 1 aromatic carbocycles. The van der Waals surface area contributed by atoms with Crippen molar-refractivity contribution in [3.63, 3.8) is 0 Å². The van der Waals surface area contributed by atoms with Crippen LogP contribution in [0.3, 0.4) is 0 Å². The van der Waals surface area contributed by atoms with Crippen molar-refractivity contribution in [3.8, 4) is 0 Å². The van der Waals surface area contributed by atoms with Crippen LogP contribution < -0.4 is 5.73 Å². The number of hydrogen-bond donors (Lipinski definition) is 1. The van der Waals surface area contributed by atoms with Gasteiger partial charge in [-0.2, -0.15) is 0 Å². The second-order valence-electron chi connectivity index (χ2n) is 8.07. The zero-order chi connectivity index (χ0) is 20.9. The second kappa shape index (κ2) is 6.96. The maximum absolute atomic E-state index is 13.2. The van der Waals surface area contributed by atoms with Gasteiger partial charge in [-0.25, -0.2) is 4.79 Å². The highest BCUT2D eigenvalue weighted by molar-refractivity contribution is 7.16. The largest absolute Gasteiger partial charge is 0.456 e. The Labute approximate surface area is 172 Å². The highest BCUT2D eigenvalue weighted by atomic mass is 32.1. The number of imide groups is 1. The number of amides is 2. The molecule has 0 saturated heterocycles. The molecule has 2 amide bonds. The number of hydrogen-bond acceptors (Lipinski definition) is 7. The Kier molecular flexibility index (Phi) is 4.71. The highest BCUT2D eigenvalue weighted by Crippen LogP contribution is 2.42. The van der Waals surface area contributed by atoms with Crippen molar-refractivity contribution >= 4 is 34.1 Å². The Hall–Kier alpha value is -2.71. The highest BCUT2D eigenvalue weighted by Gasteiger charge is 2.41. The van der Waals surface area contributed by atoms with Crippen molar-refractivity contribution in [1.29, 1.82) is 0 Å². The molecule has 8 heteroatoms. The fourth-order valence-electron chi connectivity index (χ4n) is 3.63. The van der Waals surface area contributed by atoms with Crippen molar-refractivity contribution in [2.45, 2.75) is 45.4 Å². The third-order valence-electron chi connectivity index (χ3n) is 4.85. The standard InChI is InChI=1S/C21H22N2O5S/c1-21(2,3)28-20(26)14-13-8-9-27-15(16(13)29-17(14)22)19(25)23-10-11-6-4-5-7-12(11)18(23)24/h4-7,15H,8-10,22H2,1-3H3. The van der Waals surface area contributed by atoms with Crippen LogP contribution >= 0.6 is 11.3 Å². The Morgan fingerprint density at radius 2 is 2.00 bits per heavy atom. The molecule has 2 aromatic rings. The van der Waals surface area contributed by atoms with Crippen LogP contribution in [-0.4, -0.2) is 34.9 Å². The quantitative estimate of drug-likeness (QED) is 0.599. The van der Waals surface area contributed by atoms with Gasteiger partial charge in [-0.15, -0.1) is 11.3 Å². The van der Waals surface area contributed by atoms with Gasteiger partial charge in [-0.3, -0.25) is 14.5 Å². The predicted octanol–water partition coefficient (Wildman–Crippen LogP) is 3.08. The SMILES string of the molecule is CC(C)(C)OC(=O)c1c(N)sc2c1CCOC2C(=O)N1Cc2ccccc2C1=O. The van der Waals surface area contributed by atoms with E-state index in [1.165, 1.54) is 4.90 Å². The number of ether oxygens (including phenoxy) is 2. The van der Waals surface area contributed by atoms with Crippen LogP contribution in [-0.2, 0) is 27.2 Å². The summed E-state index contributed by atoms with van der Waals surface area (Å²) >= 11 is 1.14. The van der Waals surface area contributed by atoms with Crippen molar-refractivity contribution < 1.29 is 23.9 Å². The molecule has 29 heavy (non-hydrogen) atoms. The van der Waals surface area contributed by atoms with Crippen molar-refractivity contribution in [2.24, 2.45) is 0 Å². The fourth-order valence-corrected chi connectivity index (χ4v) is 4.78. The molecule has 3 heterocycles. The number of fused-ring (bicyclic) bond motifs is 2. The van der Waals surface area contributed by atoms with Crippen molar-refractivity contribution in [3.05, 3.63) is 51.4 Å². The Morgan fingerprint density at radius 1 is 1.28 bits per heavy atom. The van der Waals surface area contributed by atoms with E-state index in [9.17, 15) is 14.4 Å². The van der Waals surface area contributed by atoms with Gasteiger partial charge < -0.3 is 15.2 Å². The van der Waals surface area contributed by atoms with Gasteiger partial charge >= 0.3 is 5.97 Å². The lowest BCUT2D eigenvalue weighted by Crippen LogP contribution is -2.38. The monoisotopic (exact) mass is 414 g/mol. The molecule has 0 fully saturated rings. The number of nitrogens with two attached hydrogens (primary N) is 1. The normalized spacial score (nSPS) is 18.4. The summed E-state index contributed by atoms with van der Waals surface area (Å²) in [6, 6.07) is 7.15. The third kappa shape index (κ3) is 3.42. The molecule has 2 aliphatic heterocycles. The zero-order valence-electron chi connectivity index (χ0n) is 16.5. The summed E-state index contributed by atoms with van der Waals surface area (Å²) in [5.41, 5.74) is 7.77. The molecule has 1 aromatic heterocycles. The molecule has 152 valence electrons. The first-order chi connectivity index (χ1) is 13.7. The van der Waals surface area contributed by atoms with Crippen molar-refractivity contribution in [1.82, 2.24) is 4.90 Å². The smallest absolute Gasteiger partial charge is 0.341 e.